The van der Waals surface area contributed by atoms with Crippen molar-refractivity contribution in [3.05, 3.63) is 17.5 Å². The van der Waals surface area contributed by atoms with Gasteiger partial charge in [-0.3, -0.25) is 0 Å². The lowest BCUT2D eigenvalue weighted by atomic mass is 9.95. The van der Waals surface area contributed by atoms with Crippen LogP contribution in [0.15, 0.2) is 12.5 Å². The third-order valence-electron chi connectivity index (χ3n) is 3.00. The Bertz CT molecular complexity index is 348. The van der Waals surface area contributed by atoms with Crippen LogP contribution in [-0.4, -0.2) is 27.5 Å². The molecule has 1 aliphatic rings. The molecule has 1 N–H and O–H groups in total. The molecule has 0 amide bonds. The van der Waals surface area contributed by atoms with E-state index in [1.807, 2.05) is 11.8 Å². The van der Waals surface area contributed by atoms with Crippen LogP contribution >= 0.6 is 23.4 Å². The number of thioether (sulfide) groups is 1. The Morgan fingerprint density at radius 3 is 3.00 bits per heavy atom. The third-order valence-corrected chi connectivity index (χ3v) is 4.44. The molecular formula is C11H16ClN3S. The van der Waals surface area contributed by atoms with Crippen molar-refractivity contribution in [1.82, 2.24) is 9.97 Å². The Morgan fingerprint density at radius 2 is 2.25 bits per heavy atom. The molecule has 1 saturated carbocycles. The molecule has 1 aromatic heterocycles. The second-order valence-electron chi connectivity index (χ2n) is 4.03. The standard InChI is InChI=1S/C11H16ClN3S/c1-16-10-5-3-2-4-9(10)15-11-8(12)6-13-7-14-11/h6-7,9-10H,2-5H2,1H3,(H,13,14,15). The fourth-order valence-corrected chi connectivity index (χ4v) is 3.23. The zero-order chi connectivity index (χ0) is 11.4. The summed E-state index contributed by atoms with van der Waals surface area (Å²) in [7, 11) is 0. The molecule has 16 heavy (non-hydrogen) atoms. The van der Waals surface area contributed by atoms with Crippen LogP contribution in [0.3, 0.4) is 0 Å². The van der Waals surface area contributed by atoms with Crippen LogP contribution in [0.25, 0.3) is 0 Å². The highest BCUT2D eigenvalue weighted by Gasteiger charge is 2.24. The molecule has 0 spiro atoms. The Kier molecular flexibility index (Phi) is 4.29. The van der Waals surface area contributed by atoms with E-state index in [4.69, 9.17) is 11.6 Å². The maximum atomic E-state index is 6.04. The summed E-state index contributed by atoms with van der Waals surface area (Å²) in [4.78, 5) is 8.07. The number of nitrogens with zero attached hydrogens (tertiary/aromatic N) is 2. The zero-order valence-corrected chi connectivity index (χ0v) is 10.9. The van der Waals surface area contributed by atoms with Gasteiger partial charge in [0.15, 0.2) is 0 Å². The average Bonchev–Trinajstić information content (AvgIpc) is 2.33. The van der Waals surface area contributed by atoms with Gasteiger partial charge in [-0.1, -0.05) is 24.4 Å². The van der Waals surface area contributed by atoms with Gasteiger partial charge in [0.05, 0.1) is 6.20 Å². The van der Waals surface area contributed by atoms with Crippen molar-refractivity contribution in [2.24, 2.45) is 0 Å². The van der Waals surface area contributed by atoms with Gasteiger partial charge in [-0.15, -0.1) is 0 Å². The summed E-state index contributed by atoms with van der Waals surface area (Å²) in [5, 5.41) is 4.72. The van der Waals surface area contributed by atoms with Gasteiger partial charge in [0.25, 0.3) is 0 Å². The molecule has 1 fully saturated rings. The van der Waals surface area contributed by atoms with Crippen molar-refractivity contribution in [3.8, 4) is 0 Å². The lowest BCUT2D eigenvalue weighted by Crippen LogP contribution is -2.34. The van der Waals surface area contributed by atoms with E-state index in [1.54, 1.807) is 6.20 Å². The topological polar surface area (TPSA) is 37.8 Å². The normalized spacial score (nSPS) is 25.4. The predicted octanol–water partition coefficient (Wildman–Crippen LogP) is 3.22. The molecule has 88 valence electrons. The summed E-state index contributed by atoms with van der Waals surface area (Å²) >= 11 is 7.97. The molecular weight excluding hydrogens is 242 g/mol. The van der Waals surface area contributed by atoms with Crippen molar-refractivity contribution < 1.29 is 0 Å². The van der Waals surface area contributed by atoms with Gasteiger partial charge in [-0.2, -0.15) is 11.8 Å². The van der Waals surface area contributed by atoms with Crippen LogP contribution in [0.2, 0.25) is 5.02 Å². The summed E-state index contributed by atoms with van der Waals surface area (Å²) in [6, 6.07) is 0.483. The first-order chi connectivity index (χ1) is 7.81. The average molecular weight is 258 g/mol. The van der Waals surface area contributed by atoms with Gasteiger partial charge in [0.1, 0.15) is 17.2 Å². The summed E-state index contributed by atoms with van der Waals surface area (Å²) in [5.41, 5.74) is 0. The second kappa shape index (κ2) is 5.73. The lowest BCUT2D eigenvalue weighted by molar-refractivity contribution is 0.474. The molecule has 2 atom stereocenters. The summed E-state index contributed by atoms with van der Waals surface area (Å²) in [6.07, 6.45) is 10.4. The van der Waals surface area contributed by atoms with Crippen LogP contribution in [0.1, 0.15) is 25.7 Å². The van der Waals surface area contributed by atoms with Gasteiger partial charge in [-0.05, 0) is 19.1 Å². The summed E-state index contributed by atoms with van der Waals surface area (Å²) < 4.78 is 0. The minimum atomic E-state index is 0.483. The minimum absolute atomic E-state index is 0.483. The Labute approximate surface area is 105 Å². The van der Waals surface area contributed by atoms with Gasteiger partial charge in [0.2, 0.25) is 0 Å². The number of rotatable bonds is 3. The van der Waals surface area contributed by atoms with E-state index in [9.17, 15) is 0 Å². The molecule has 3 nitrogen and oxygen atoms in total. The molecule has 1 heterocycles. The van der Waals surface area contributed by atoms with Gasteiger partial charge >= 0.3 is 0 Å². The van der Waals surface area contributed by atoms with E-state index in [1.165, 1.54) is 32.0 Å². The number of hydrogen-bond acceptors (Lipinski definition) is 4. The Morgan fingerprint density at radius 1 is 1.44 bits per heavy atom. The summed E-state index contributed by atoms with van der Waals surface area (Å²) in [5.74, 6) is 0.766. The summed E-state index contributed by atoms with van der Waals surface area (Å²) in [6.45, 7) is 0. The van der Waals surface area contributed by atoms with Gasteiger partial charge in [-0.25, -0.2) is 9.97 Å². The van der Waals surface area contributed by atoms with Crippen molar-refractivity contribution in [3.63, 3.8) is 0 Å². The highest BCUT2D eigenvalue weighted by atomic mass is 35.5. The maximum Gasteiger partial charge on any atom is 0.148 e. The van der Waals surface area contributed by atoms with Crippen molar-refractivity contribution >= 4 is 29.2 Å². The number of nitrogens with one attached hydrogen (secondary N) is 1. The number of anilines is 1. The molecule has 2 unspecified atom stereocenters. The van der Waals surface area contributed by atoms with Crippen LogP contribution in [-0.2, 0) is 0 Å². The molecule has 2 rings (SSSR count). The second-order valence-corrected chi connectivity index (χ2v) is 5.51. The Balaban J connectivity index is 2.05. The first-order valence-electron chi connectivity index (χ1n) is 5.56. The van der Waals surface area contributed by atoms with E-state index >= 15 is 0 Å². The highest BCUT2D eigenvalue weighted by molar-refractivity contribution is 7.99. The van der Waals surface area contributed by atoms with E-state index in [0.717, 1.165) is 5.82 Å². The molecule has 1 aromatic rings. The third kappa shape index (κ3) is 2.80. The zero-order valence-electron chi connectivity index (χ0n) is 9.32. The molecule has 0 aromatic carbocycles. The van der Waals surface area contributed by atoms with Crippen molar-refractivity contribution in [1.29, 1.82) is 0 Å². The smallest absolute Gasteiger partial charge is 0.148 e. The Hall–Kier alpha value is -0.480. The van der Waals surface area contributed by atoms with E-state index < -0.39 is 0 Å². The predicted molar refractivity (Wildman–Crippen MR) is 70.2 cm³/mol. The van der Waals surface area contributed by atoms with Gasteiger partial charge in [0, 0.05) is 11.3 Å². The fourth-order valence-electron chi connectivity index (χ4n) is 2.14. The van der Waals surface area contributed by atoms with Crippen LogP contribution in [0.4, 0.5) is 5.82 Å². The monoisotopic (exact) mass is 257 g/mol. The first kappa shape index (κ1) is 12.0. The molecule has 0 radical (unpaired) electrons. The lowest BCUT2D eigenvalue weighted by Gasteiger charge is -2.31. The number of aromatic nitrogens is 2. The number of hydrogen-bond donors (Lipinski definition) is 1. The van der Waals surface area contributed by atoms with Crippen LogP contribution in [0, 0.1) is 0 Å². The van der Waals surface area contributed by atoms with E-state index in [0.29, 0.717) is 16.3 Å². The molecule has 0 bridgehead atoms. The van der Waals surface area contributed by atoms with Crippen molar-refractivity contribution in [2.75, 3.05) is 11.6 Å². The minimum Gasteiger partial charge on any atom is -0.365 e. The quantitative estimate of drug-likeness (QED) is 0.902. The first-order valence-corrected chi connectivity index (χ1v) is 7.22. The number of halogens is 1. The fraction of sp³-hybridized carbons (Fsp3) is 0.636. The van der Waals surface area contributed by atoms with E-state index in [2.05, 4.69) is 21.5 Å². The highest BCUT2D eigenvalue weighted by Crippen LogP contribution is 2.30. The van der Waals surface area contributed by atoms with Crippen LogP contribution in [0.5, 0.6) is 0 Å². The molecule has 1 aliphatic carbocycles. The maximum absolute atomic E-state index is 6.04. The SMILES string of the molecule is CSC1CCCCC1Nc1ncncc1Cl. The largest absolute Gasteiger partial charge is 0.365 e. The molecule has 0 aliphatic heterocycles. The van der Waals surface area contributed by atoms with E-state index in [-0.39, 0.29) is 0 Å². The molecule has 0 saturated heterocycles. The molecule has 5 heteroatoms. The van der Waals surface area contributed by atoms with Gasteiger partial charge < -0.3 is 5.32 Å². The van der Waals surface area contributed by atoms with Crippen LogP contribution < -0.4 is 5.32 Å². The van der Waals surface area contributed by atoms with Crippen molar-refractivity contribution in [2.45, 2.75) is 37.0 Å².